The SMILES string of the molecule is O=C(C1CCN([S+](=O)([O-])c2cccc(C(F)(F)F)c2)CC1)N1CCC(N2CCOCC2=O)CC1. The Kier molecular flexibility index (Phi) is 7.32. The van der Waals surface area contributed by atoms with Gasteiger partial charge in [0, 0.05) is 50.7 Å². The zero-order chi connectivity index (χ0) is 24.5. The molecule has 0 aromatic heterocycles. The molecular weight excluding hydrogens is 475 g/mol. The summed E-state index contributed by atoms with van der Waals surface area (Å²) in [6.07, 6.45) is -2.61. The van der Waals surface area contributed by atoms with Crippen molar-refractivity contribution in [2.24, 2.45) is 5.92 Å². The number of sulfonamides is 1. The summed E-state index contributed by atoms with van der Waals surface area (Å²) in [4.78, 5) is 28.3. The molecule has 1 atom stereocenters. The van der Waals surface area contributed by atoms with Crippen LogP contribution in [0.4, 0.5) is 13.2 Å². The molecule has 188 valence electrons. The highest BCUT2D eigenvalue weighted by Gasteiger charge is 2.40. The molecule has 1 unspecified atom stereocenters. The second-order valence-electron chi connectivity index (χ2n) is 8.90. The molecule has 12 heteroatoms. The van der Waals surface area contributed by atoms with Crippen molar-refractivity contribution in [3.8, 4) is 0 Å². The lowest BCUT2D eigenvalue weighted by Crippen LogP contribution is -2.53. The van der Waals surface area contributed by atoms with Gasteiger partial charge in [0.2, 0.25) is 11.8 Å². The molecule has 3 heterocycles. The van der Waals surface area contributed by atoms with Crippen LogP contribution in [0.15, 0.2) is 29.2 Å². The van der Waals surface area contributed by atoms with Gasteiger partial charge in [-0.1, -0.05) is 10.3 Å². The molecule has 0 bridgehead atoms. The minimum atomic E-state index is -4.63. The van der Waals surface area contributed by atoms with Crippen molar-refractivity contribution in [3.05, 3.63) is 29.8 Å². The fourth-order valence-corrected chi connectivity index (χ4v) is 6.41. The van der Waals surface area contributed by atoms with Crippen molar-refractivity contribution in [2.45, 2.75) is 42.8 Å². The van der Waals surface area contributed by atoms with Crippen LogP contribution in [0.3, 0.4) is 0 Å². The third kappa shape index (κ3) is 5.29. The summed E-state index contributed by atoms with van der Waals surface area (Å²) in [5.41, 5.74) is -1.01. The Hall–Kier alpha value is -2.02. The largest absolute Gasteiger partial charge is 0.593 e. The molecule has 0 spiro atoms. The average molecular weight is 504 g/mol. The van der Waals surface area contributed by atoms with E-state index < -0.39 is 27.0 Å². The van der Waals surface area contributed by atoms with Crippen LogP contribution < -0.4 is 0 Å². The number of carbonyl (C=O) groups is 2. The van der Waals surface area contributed by atoms with Crippen LogP contribution in [0.25, 0.3) is 0 Å². The van der Waals surface area contributed by atoms with Gasteiger partial charge in [0.05, 0.1) is 12.2 Å². The molecule has 3 aliphatic rings. The van der Waals surface area contributed by atoms with Crippen LogP contribution in [0.2, 0.25) is 0 Å². The van der Waals surface area contributed by atoms with E-state index in [0.29, 0.717) is 58.0 Å². The van der Waals surface area contributed by atoms with Crippen molar-refractivity contribution in [3.63, 3.8) is 0 Å². The number of rotatable bonds is 4. The van der Waals surface area contributed by atoms with Crippen LogP contribution in [-0.2, 0) is 35.1 Å². The van der Waals surface area contributed by atoms with E-state index in [4.69, 9.17) is 4.74 Å². The summed E-state index contributed by atoms with van der Waals surface area (Å²) in [6, 6.07) is 3.82. The quantitative estimate of drug-likeness (QED) is 0.588. The number of amides is 2. The molecule has 8 nitrogen and oxygen atoms in total. The molecule has 0 saturated carbocycles. The zero-order valence-corrected chi connectivity index (χ0v) is 19.5. The third-order valence-electron chi connectivity index (χ3n) is 6.84. The molecule has 0 N–H and O–H groups in total. The van der Waals surface area contributed by atoms with Gasteiger partial charge in [-0.15, -0.1) is 4.31 Å². The number of nitrogens with zero attached hydrogens (tertiary/aromatic N) is 3. The summed E-state index contributed by atoms with van der Waals surface area (Å²) in [7, 11) is -4.08. The minimum absolute atomic E-state index is 0.0228. The van der Waals surface area contributed by atoms with Gasteiger partial charge in [-0.2, -0.15) is 13.2 Å². The Morgan fingerprint density at radius 3 is 2.35 bits per heavy atom. The van der Waals surface area contributed by atoms with Crippen LogP contribution in [-0.4, -0.2) is 82.5 Å². The van der Waals surface area contributed by atoms with Gasteiger partial charge in [0.15, 0.2) is 15.3 Å². The van der Waals surface area contributed by atoms with Gasteiger partial charge in [-0.25, -0.2) is 0 Å². The van der Waals surface area contributed by atoms with E-state index in [1.165, 1.54) is 0 Å². The molecule has 0 radical (unpaired) electrons. The summed E-state index contributed by atoms with van der Waals surface area (Å²) in [5, 5.41) is 0. The number of ether oxygens (including phenoxy) is 1. The Morgan fingerprint density at radius 2 is 1.74 bits per heavy atom. The lowest BCUT2D eigenvalue weighted by atomic mass is 9.94. The number of morpholine rings is 1. The Labute approximate surface area is 197 Å². The van der Waals surface area contributed by atoms with E-state index in [-0.39, 0.29) is 43.5 Å². The summed E-state index contributed by atoms with van der Waals surface area (Å²) in [6.45, 7) is 2.42. The number of hydrogen-bond acceptors (Lipinski definition) is 5. The molecule has 3 saturated heterocycles. The van der Waals surface area contributed by atoms with Crippen molar-refractivity contribution in [1.29, 1.82) is 0 Å². The number of piperidine rings is 2. The summed E-state index contributed by atoms with van der Waals surface area (Å²) >= 11 is 0. The van der Waals surface area contributed by atoms with E-state index >= 15 is 0 Å². The fraction of sp³-hybridized carbons (Fsp3) is 0.636. The van der Waals surface area contributed by atoms with Crippen molar-refractivity contribution >= 4 is 22.2 Å². The maximum absolute atomic E-state index is 13.0. The normalized spacial score (nSPS) is 23.7. The van der Waals surface area contributed by atoms with E-state index in [2.05, 4.69) is 0 Å². The number of halogens is 3. The maximum atomic E-state index is 13.0. The van der Waals surface area contributed by atoms with Crippen LogP contribution in [0.1, 0.15) is 31.2 Å². The molecule has 3 fully saturated rings. The van der Waals surface area contributed by atoms with Crippen LogP contribution in [0.5, 0.6) is 0 Å². The van der Waals surface area contributed by atoms with Crippen molar-refractivity contribution in [2.75, 3.05) is 45.9 Å². The summed E-state index contributed by atoms with van der Waals surface area (Å²) < 4.78 is 71.1. The number of hydrogen-bond donors (Lipinski definition) is 0. The highest BCUT2D eigenvalue weighted by Crippen LogP contribution is 2.34. The third-order valence-corrected chi connectivity index (χ3v) is 8.74. The molecule has 4 rings (SSSR count). The van der Waals surface area contributed by atoms with Crippen molar-refractivity contribution < 1.29 is 36.3 Å². The summed E-state index contributed by atoms with van der Waals surface area (Å²) in [5.74, 6) is -0.372. The number of benzene rings is 1. The van der Waals surface area contributed by atoms with Gasteiger partial charge in [0.1, 0.15) is 6.61 Å². The fourth-order valence-electron chi connectivity index (χ4n) is 4.90. The first kappa shape index (κ1) is 25.1. The van der Waals surface area contributed by atoms with E-state index in [1.807, 2.05) is 4.90 Å². The predicted octanol–water partition coefficient (Wildman–Crippen LogP) is 2.17. The van der Waals surface area contributed by atoms with Crippen molar-refractivity contribution in [1.82, 2.24) is 14.1 Å². The van der Waals surface area contributed by atoms with Gasteiger partial charge in [0.25, 0.3) is 0 Å². The Morgan fingerprint density at radius 1 is 1.06 bits per heavy atom. The monoisotopic (exact) mass is 503 g/mol. The lowest BCUT2D eigenvalue weighted by molar-refractivity contribution is -0.148. The maximum Gasteiger partial charge on any atom is 0.416 e. The molecule has 0 aliphatic carbocycles. The van der Waals surface area contributed by atoms with Gasteiger partial charge in [-0.05, 0) is 37.8 Å². The Bertz CT molecular complexity index is 959. The van der Waals surface area contributed by atoms with E-state index in [9.17, 15) is 31.5 Å². The molecule has 34 heavy (non-hydrogen) atoms. The second-order valence-corrected chi connectivity index (χ2v) is 10.8. The highest BCUT2D eigenvalue weighted by molar-refractivity contribution is 7.95. The Balaban J connectivity index is 1.31. The molecular formula is C22H28F3N3O5S. The predicted molar refractivity (Wildman–Crippen MR) is 115 cm³/mol. The van der Waals surface area contributed by atoms with E-state index in [0.717, 1.165) is 22.5 Å². The first-order valence-corrected chi connectivity index (χ1v) is 12.8. The number of alkyl halides is 3. The highest BCUT2D eigenvalue weighted by atomic mass is 32.3. The molecule has 1 aromatic carbocycles. The zero-order valence-electron chi connectivity index (χ0n) is 18.7. The minimum Gasteiger partial charge on any atom is -0.593 e. The molecule has 1 aromatic rings. The first-order chi connectivity index (χ1) is 16.1. The topological polar surface area (TPSA) is 93.2 Å². The lowest BCUT2D eigenvalue weighted by Gasteiger charge is -2.41. The first-order valence-electron chi connectivity index (χ1n) is 11.4. The van der Waals surface area contributed by atoms with Gasteiger partial charge in [-0.3, -0.25) is 9.59 Å². The smallest absolute Gasteiger partial charge is 0.416 e. The molecule has 3 aliphatic heterocycles. The van der Waals surface area contributed by atoms with Gasteiger partial charge < -0.3 is 19.1 Å². The average Bonchev–Trinajstić information content (AvgIpc) is 2.84. The van der Waals surface area contributed by atoms with Crippen LogP contribution >= 0.6 is 0 Å². The number of carbonyl (C=O) groups excluding carboxylic acids is 2. The molecule has 2 amide bonds. The number of likely N-dealkylation sites (tertiary alicyclic amines) is 1. The van der Waals surface area contributed by atoms with E-state index in [1.54, 1.807) is 4.90 Å². The van der Waals surface area contributed by atoms with Crippen LogP contribution in [0, 0.1) is 5.92 Å². The second kappa shape index (κ2) is 9.92. The van der Waals surface area contributed by atoms with Gasteiger partial charge >= 0.3 is 6.18 Å². The standard InChI is InChI=1S/C22H28F3N3O5S/c23-22(24,25)17-2-1-3-19(14-17)34(31,32)27-10-4-16(5-11-27)21(30)26-8-6-18(7-9-26)28-12-13-33-15-20(28)29/h1-3,14,16,18H,4-13,15H2.